The summed E-state index contributed by atoms with van der Waals surface area (Å²) in [6, 6.07) is 15.9. The maximum Gasteiger partial charge on any atom is 0.408 e. The monoisotopic (exact) mass is 640 g/mol. The molecule has 11 nitrogen and oxygen atoms in total. The Bertz CT molecular complexity index is 1230. The highest BCUT2D eigenvalue weighted by Gasteiger charge is 2.35. The molecule has 0 radical (unpaired) electrons. The summed E-state index contributed by atoms with van der Waals surface area (Å²) in [5.74, 6) is -2.00. The van der Waals surface area contributed by atoms with Crippen LogP contribution < -0.4 is 21.3 Å². The Kier molecular flexibility index (Phi) is 15.7. The average Bonchev–Trinajstić information content (AvgIpc) is 3.02. The topological polar surface area (TPSA) is 166 Å². The van der Waals surface area contributed by atoms with Gasteiger partial charge in [-0.25, -0.2) is 4.79 Å². The van der Waals surface area contributed by atoms with E-state index in [1.807, 2.05) is 71.0 Å². The SMILES string of the molecule is CCC(CC)NC(=O)C[C@H](C(=O)NC[C@@H](O)[C@H](Cc1ccccc1)NC(=O)[C@@H](NC(=O)OCc1ccccc1)[C@@H](C)O)C(C)(C)C. The Morgan fingerprint density at radius 1 is 0.804 bits per heavy atom. The van der Waals surface area contributed by atoms with E-state index < -0.39 is 47.6 Å². The first-order chi connectivity index (χ1) is 21.7. The number of rotatable bonds is 17. The molecule has 0 saturated heterocycles. The molecular formula is C35H52N4O7. The summed E-state index contributed by atoms with van der Waals surface area (Å²) in [6.07, 6.45) is -1.64. The van der Waals surface area contributed by atoms with E-state index >= 15 is 0 Å². The third kappa shape index (κ3) is 13.2. The van der Waals surface area contributed by atoms with Gasteiger partial charge < -0.3 is 36.2 Å². The number of ether oxygens (including phenoxy) is 1. The second-order valence-corrected chi connectivity index (χ2v) is 12.7. The van der Waals surface area contributed by atoms with Gasteiger partial charge in [0, 0.05) is 19.0 Å². The molecule has 0 aromatic heterocycles. The summed E-state index contributed by atoms with van der Waals surface area (Å²) in [5.41, 5.74) is 1.03. The molecule has 0 aliphatic carbocycles. The molecule has 0 bridgehead atoms. The highest BCUT2D eigenvalue weighted by molar-refractivity contribution is 5.87. The Hall–Kier alpha value is -3.96. The third-order valence-corrected chi connectivity index (χ3v) is 7.93. The molecule has 0 aliphatic rings. The summed E-state index contributed by atoms with van der Waals surface area (Å²) in [4.78, 5) is 52.0. The van der Waals surface area contributed by atoms with Crippen molar-refractivity contribution in [2.75, 3.05) is 6.54 Å². The van der Waals surface area contributed by atoms with Crippen molar-refractivity contribution in [2.24, 2.45) is 11.3 Å². The van der Waals surface area contributed by atoms with Crippen LogP contribution in [-0.2, 0) is 32.1 Å². The third-order valence-electron chi connectivity index (χ3n) is 7.93. The van der Waals surface area contributed by atoms with Crippen LogP contribution in [0.4, 0.5) is 4.79 Å². The van der Waals surface area contributed by atoms with Gasteiger partial charge in [-0.2, -0.15) is 0 Å². The number of aliphatic hydroxyl groups is 2. The normalized spacial score (nSPS) is 14.7. The molecular weight excluding hydrogens is 588 g/mol. The van der Waals surface area contributed by atoms with Crippen molar-refractivity contribution in [2.45, 2.75) is 104 Å². The Morgan fingerprint density at radius 2 is 1.37 bits per heavy atom. The fraction of sp³-hybridized carbons (Fsp3) is 0.543. The van der Waals surface area contributed by atoms with Crippen molar-refractivity contribution in [3.8, 4) is 0 Å². The lowest BCUT2D eigenvalue weighted by molar-refractivity contribution is -0.134. The van der Waals surface area contributed by atoms with Gasteiger partial charge in [-0.05, 0) is 42.7 Å². The van der Waals surface area contributed by atoms with Gasteiger partial charge in [0.15, 0.2) is 0 Å². The first-order valence-electron chi connectivity index (χ1n) is 16.0. The Labute approximate surface area is 272 Å². The van der Waals surface area contributed by atoms with Crippen LogP contribution >= 0.6 is 0 Å². The predicted octanol–water partition coefficient (Wildman–Crippen LogP) is 3.22. The smallest absolute Gasteiger partial charge is 0.408 e. The van der Waals surface area contributed by atoms with Crippen LogP contribution in [0.5, 0.6) is 0 Å². The van der Waals surface area contributed by atoms with Gasteiger partial charge in [-0.15, -0.1) is 0 Å². The number of alkyl carbamates (subject to hydrolysis) is 1. The fourth-order valence-electron chi connectivity index (χ4n) is 4.95. The van der Waals surface area contributed by atoms with Gasteiger partial charge in [0.2, 0.25) is 17.7 Å². The molecule has 2 aromatic carbocycles. The van der Waals surface area contributed by atoms with Crippen LogP contribution in [0.25, 0.3) is 0 Å². The molecule has 0 aliphatic heterocycles. The first-order valence-corrected chi connectivity index (χ1v) is 16.0. The molecule has 6 N–H and O–H groups in total. The van der Waals surface area contributed by atoms with E-state index in [0.717, 1.165) is 24.0 Å². The molecule has 0 heterocycles. The molecule has 2 aromatic rings. The van der Waals surface area contributed by atoms with Crippen LogP contribution in [0.3, 0.4) is 0 Å². The number of amides is 4. The zero-order valence-corrected chi connectivity index (χ0v) is 27.9. The highest BCUT2D eigenvalue weighted by atomic mass is 16.5. The number of carbonyl (C=O) groups is 4. The summed E-state index contributed by atoms with van der Waals surface area (Å²) in [7, 11) is 0. The quantitative estimate of drug-likeness (QED) is 0.154. The van der Waals surface area contributed by atoms with E-state index in [-0.39, 0.29) is 43.8 Å². The summed E-state index contributed by atoms with van der Waals surface area (Å²) in [6.45, 7) is 10.8. The van der Waals surface area contributed by atoms with Crippen LogP contribution in [0, 0.1) is 11.3 Å². The van der Waals surface area contributed by atoms with Gasteiger partial charge >= 0.3 is 6.09 Å². The molecule has 4 amide bonds. The van der Waals surface area contributed by atoms with E-state index in [1.165, 1.54) is 6.92 Å². The fourth-order valence-corrected chi connectivity index (χ4v) is 4.95. The standard InChI is InChI=1S/C35H52N4O7/c1-7-26(8-2)37-30(42)20-27(35(4,5)6)32(43)36-21-29(41)28(19-24-15-11-9-12-16-24)38-33(44)31(23(3)40)39-34(45)46-22-25-17-13-10-14-18-25/h9-18,23,26-29,31,40-41H,7-8,19-22H2,1-6H3,(H,36,43)(H,37,42)(H,38,44)(H,39,45)/t23-,27-,28+,29-,31+/m1/s1. The average molecular weight is 641 g/mol. The maximum atomic E-state index is 13.4. The van der Waals surface area contributed by atoms with E-state index in [0.29, 0.717) is 0 Å². The van der Waals surface area contributed by atoms with E-state index in [4.69, 9.17) is 4.74 Å². The molecule has 5 atom stereocenters. The van der Waals surface area contributed by atoms with Crippen molar-refractivity contribution in [1.82, 2.24) is 21.3 Å². The Morgan fingerprint density at radius 3 is 1.89 bits per heavy atom. The van der Waals surface area contributed by atoms with Gasteiger partial charge in [-0.1, -0.05) is 95.3 Å². The first kappa shape index (κ1) is 38.2. The van der Waals surface area contributed by atoms with Crippen molar-refractivity contribution >= 4 is 23.8 Å². The molecule has 0 spiro atoms. The van der Waals surface area contributed by atoms with Crippen molar-refractivity contribution < 1.29 is 34.1 Å². The second kappa shape index (κ2) is 18.9. The van der Waals surface area contributed by atoms with Crippen LogP contribution in [0.1, 0.15) is 71.9 Å². The summed E-state index contributed by atoms with van der Waals surface area (Å²) < 4.78 is 5.22. The predicted molar refractivity (Wildman–Crippen MR) is 176 cm³/mol. The lowest BCUT2D eigenvalue weighted by atomic mass is 9.78. The minimum Gasteiger partial charge on any atom is -0.445 e. The number of carbonyl (C=O) groups excluding carboxylic acids is 4. The van der Waals surface area contributed by atoms with Crippen LogP contribution in [-0.4, -0.2) is 70.9 Å². The van der Waals surface area contributed by atoms with E-state index in [1.54, 1.807) is 24.3 Å². The van der Waals surface area contributed by atoms with Crippen molar-refractivity contribution in [3.63, 3.8) is 0 Å². The van der Waals surface area contributed by atoms with E-state index in [2.05, 4.69) is 21.3 Å². The largest absolute Gasteiger partial charge is 0.445 e. The lowest BCUT2D eigenvalue weighted by Gasteiger charge is -2.31. The van der Waals surface area contributed by atoms with Gasteiger partial charge in [0.1, 0.15) is 12.6 Å². The molecule has 11 heteroatoms. The molecule has 0 fully saturated rings. The molecule has 0 saturated carbocycles. The maximum absolute atomic E-state index is 13.4. The molecule has 254 valence electrons. The van der Waals surface area contributed by atoms with Crippen molar-refractivity contribution in [3.05, 3.63) is 71.8 Å². The molecule has 2 rings (SSSR count). The number of aliphatic hydroxyl groups excluding tert-OH is 2. The zero-order chi connectivity index (χ0) is 34.3. The van der Waals surface area contributed by atoms with Crippen molar-refractivity contribution in [1.29, 1.82) is 0 Å². The second-order valence-electron chi connectivity index (χ2n) is 12.7. The Balaban J connectivity index is 2.12. The van der Waals surface area contributed by atoms with Gasteiger partial charge in [0.05, 0.1) is 24.2 Å². The minimum absolute atomic E-state index is 0.00574. The van der Waals surface area contributed by atoms with Gasteiger partial charge in [0.25, 0.3) is 0 Å². The zero-order valence-electron chi connectivity index (χ0n) is 27.9. The minimum atomic E-state index is -1.37. The van der Waals surface area contributed by atoms with Crippen LogP contribution in [0.15, 0.2) is 60.7 Å². The molecule has 46 heavy (non-hydrogen) atoms. The number of hydrogen-bond donors (Lipinski definition) is 6. The lowest BCUT2D eigenvalue weighted by Crippen LogP contribution is -2.58. The highest BCUT2D eigenvalue weighted by Crippen LogP contribution is 2.29. The number of benzene rings is 2. The van der Waals surface area contributed by atoms with E-state index in [9.17, 15) is 29.4 Å². The number of nitrogens with one attached hydrogen (secondary N) is 4. The number of hydrogen-bond acceptors (Lipinski definition) is 7. The summed E-state index contributed by atoms with van der Waals surface area (Å²) >= 11 is 0. The summed E-state index contributed by atoms with van der Waals surface area (Å²) in [5, 5.41) is 32.5. The van der Waals surface area contributed by atoms with Crippen LogP contribution in [0.2, 0.25) is 0 Å². The van der Waals surface area contributed by atoms with Gasteiger partial charge in [-0.3, -0.25) is 14.4 Å². The molecule has 0 unspecified atom stereocenters.